The number of halogens is 3. The van der Waals surface area contributed by atoms with Gasteiger partial charge in [-0.25, -0.2) is 0 Å². The van der Waals surface area contributed by atoms with Crippen molar-refractivity contribution in [3.05, 3.63) is 29.8 Å². The monoisotopic (exact) mass is 288 g/mol. The highest BCUT2D eigenvalue weighted by molar-refractivity contribution is 5.94. The summed E-state index contributed by atoms with van der Waals surface area (Å²) in [5.41, 5.74) is 0.355. The number of carbonyl (C=O) groups is 1. The first kappa shape index (κ1) is 14.6. The molecule has 1 fully saturated rings. The molecule has 1 aromatic rings. The number of carbonyl (C=O) groups excluding carboxylic acids is 1. The molecule has 1 aliphatic rings. The Hall–Kier alpha value is -1.76. The van der Waals surface area contributed by atoms with E-state index in [1.165, 1.54) is 12.1 Å². The van der Waals surface area contributed by atoms with Gasteiger partial charge in [-0.15, -0.1) is 13.2 Å². The molecule has 0 saturated carbocycles. The minimum absolute atomic E-state index is 0.183. The summed E-state index contributed by atoms with van der Waals surface area (Å²) in [5.74, 6) is -0.514. The second-order valence-corrected chi connectivity index (χ2v) is 4.68. The Bertz CT molecular complexity index is 473. The molecule has 0 bridgehead atoms. The first-order valence-corrected chi connectivity index (χ1v) is 6.23. The molecule has 1 saturated heterocycles. The fraction of sp³-hybridized carbons (Fsp3) is 0.462. The molecule has 1 aliphatic heterocycles. The van der Waals surface area contributed by atoms with Crippen LogP contribution in [0.25, 0.3) is 0 Å². The number of alkyl halides is 3. The van der Waals surface area contributed by atoms with Crippen LogP contribution in [-0.2, 0) is 0 Å². The first-order valence-electron chi connectivity index (χ1n) is 6.23. The molecule has 1 heterocycles. The van der Waals surface area contributed by atoms with Gasteiger partial charge in [0.2, 0.25) is 0 Å². The van der Waals surface area contributed by atoms with Crippen molar-refractivity contribution < 1.29 is 22.7 Å². The SMILES string of the molecule is C[C@H]1CN(C(=O)c2ccc(OC(F)(F)F)cc2)CCN1. The standard InChI is InChI=1S/C13H15F3N2O2/c1-9-8-18(7-6-17-9)12(19)10-2-4-11(5-3-10)20-13(14,15)16/h2-5,9,17H,6-8H2,1H3/t9-/m0/s1. The van der Waals surface area contributed by atoms with Gasteiger partial charge in [-0.2, -0.15) is 0 Å². The van der Waals surface area contributed by atoms with E-state index in [0.717, 1.165) is 12.1 Å². The Morgan fingerprint density at radius 1 is 1.35 bits per heavy atom. The van der Waals surface area contributed by atoms with Crippen molar-refractivity contribution in [3.8, 4) is 5.75 Å². The van der Waals surface area contributed by atoms with Crippen LogP contribution in [0.15, 0.2) is 24.3 Å². The molecule has 1 amide bonds. The van der Waals surface area contributed by atoms with Gasteiger partial charge in [0.1, 0.15) is 5.75 Å². The Kier molecular flexibility index (Phi) is 4.17. The van der Waals surface area contributed by atoms with Crippen LogP contribution in [0.4, 0.5) is 13.2 Å². The van der Waals surface area contributed by atoms with E-state index in [0.29, 0.717) is 25.2 Å². The maximum atomic E-state index is 12.2. The smallest absolute Gasteiger partial charge is 0.406 e. The van der Waals surface area contributed by atoms with Crippen LogP contribution in [0.3, 0.4) is 0 Å². The molecular weight excluding hydrogens is 273 g/mol. The number of hydrogen-bond acceptors (Lipinski definition) is 3. The Balaban J connectivity index is 2.04. The second-order valence-electron chi connectivity index (χ2n) is 4.68. The Morgan fingerprint density at radius 2 is 2.00 bits per heavy atom. The van der Waals surface area contributed by atoms with Gasteiger partial charge in [-0.1, -0.05) is 0 Å². The number of ether oxygens (including phenoxy) is 1. The highest BCUT2D eigenvalue weighted by Gasteiger charge is 2.31. The van der Waals surface area contributed by atoms with Crippen LogP contribution in [-0.4, -0.2) is 42.8 Å². The van der Waals surface area contributed by atoms with Crippen molar-refractivity contribution in [1.82, 2.24) is 10.2 Å². The molecule has 0 unspecified atom stereocenters. The van der Waals surface area contributed by atoms with Gasteiger partial charge < -0.3 is 15.0 Å². The highest BCUT2D eigenvalue weighted by atomic mass is 19.4. The van der Waals surface area contributed by atoms with Crippen LogP contribution in [0.5, 0.6) is 5.75 Å². The zero-order valence-electron chi connectivity index (χ0n) is 10.9. The number of amides is 1. The minimum atomic E-state index is -4.72. The zero-order chi connectivity index (χ0) is 14.8. The fourth-order valence-corrected chi connectivity index (χ4v) is 2.10. The van der Waals surface area contributed by atoms with Crippen molar-refractivity contribution in [2.45, 2.75) is 19.3 Å². The third-order valence-corrected chi connectivity index (χ3v) is 2.99. The van der Waals surface area contributed by atoms with Crippen LogP contribution in [0, 0.1) is 0 Å². The molecule has 4 nitrogen and oxygen atoms in total. The summed E-state index contributed by atoms with van der Waals surface area (Å²) in [4.78, 5) is 13.9. The maximum Gasteiger partial charge on any atom is 0.573 e. The first-order chi connectivity index (χ1) is 9.35. The summed E-state index contributed by atoms with van der Waals surface area (Å²) in [6.07, 6.45) is -4.72. The van der Waals surface area contributed by atoms with Gasteiger partial charge in [0, 0.05) is 31.2 Å². The lowest BCUT2D eigenvalue weighted by Crippen LogP contribution is -2.51. The summed E-state index contributed by atoms with van der Waals surface area (Å²) in [7, 11) is 0. The van der Waals surface area contributed by atoms with E-state index in [9.17, 15) is 18.0 Å². The summed E-state index contributed by atoms with van der Waals surface area (Å²) in [5, 5.41) is 3.21. The van der Waals surface area contributed by atoms with Gasteiger partial charge in [-0.3, -0.25) is 4.79 Å². The molecule has 0 aromatic heterocycles. The molecule has 1 atom stereocenters. The third-order valence-electron chi connectivity index (χ3n) is 2.99. The van der Waals surface area contributed by atoms with Crippen molar-refractivity contribution in [2.75, 3.05) is 19.6 Å². The number of hydrogen-bond donors (Lipinski definition) is 1. The third kappa shape index (κ3) is 3.86. The van der Waals surface area contributed by atoms with Crippen molar-refractivity contribution in [3.63, 3.8) is 0 Å². The van der Waals surface area contributed by atoms with Crippen molar-refractivity contribution in [1.29, 1.82) is 0 Å². The van der Waals surface area contributed by atoms with E-state index in [1.807, 2.05) is 6.92 Å². The van der Waals surface area contributed by atoms with Gasteiger partial charge in [0.05, 0.1) is 0 Å². The average molecular weight is 288 g/mol. The summed E-state index contributed by atoms with van der Waals surface area (Å²) in [6, 6.07) is 5.19. The molecule has 20 heavy (non-hydrogen) atoms. The van der Waals surface area contributed by atoms with E-state index in [1.54, 1.807) is 4.90 Å². The van der Waals surface area contributed by atoms with Crippen LogP contribution in [0.2, 0.25) is 0 Å². The molecular formula is C13H15F3N2O2. The van der Waals surface area contributed by atoms with Crippen LogP contribution < -0.4 is 10.1 Å². The topological polar surface area (TPSA) is 41.6 Å². The van der Waals surface area contributed by atoms with E-state index < -0.39 is 6.36 Å². The van der Waals surface area contributed by atoms with Crippen molar-refractivity contribution in [2.24, 2.45) is 0 Å². The minimum Gasteiger partial charge on any atom is -0.406 e. The van der Waals surface area contributed by atoms with Crippen LogP contribution in [0.1, 0.15) is 17.3 Å². The maximum absolute atomic E-state index is 12.2. The Morgan fingerprint density at radius 3 is 2.55 bits per heavy atom. The lowest BCUT2D eigenvalue weighted by atomic mass is 10.1. The zero-order valence-corrected chi connectivity index (χ0v) is 10.9. The molecule has 1 aromatic carbocycles. The van der Waals surface area contributed by atoms with E-state index in [4.69, 9.17) is 0 Å². The second kappa shape index (κ2) is 5.70. The lowest BCUT2D eigenvalue weighted by molar-refractivity contribution is -0.274. The predicted octanol–water partition coefficient (Wildman–Crippen LogP) is 2.02. The molecule has 7 heteroatoms. The summed E-state index contributed by atoms with van der Waals surface area (Å²) >= 11 is 0. The Labute approximate surface area is 114 Å². The largest absolute Gasteiger partial charge is 0.573 e. The number of rotatable bonds is 2. The molecule has 0 radical (unpaired) electrons. The lowest BCUT2D eigenvalue weighted by Gasteiger charge is -2.32. The number of benzene rings is 1. The number of nitrogens with zero attached hydrogens (tertiary/aromatic N) is 1. The molecule has 1 N–H and O–H groups in total. The molecule has 0 spiro atoms. The summed E-state index contributed by atoms with van der Waals surface area (Å²) < 4.78 is 39.9. The van der Waals surface area contributed by atoms with Crippen molar-refractivity contribution >= 4 is 5.91 Å². The highest BCUT2D eigenvalue weighted by Crippen LogP contribution is 2.23. The van der Waals surface area contributed by atoms with E-state index >= 15 is 0 Å². The predicted molar refractivity (Wildman–Crippen MR) is 66.5 cm³/mol. The number of nitrogens with one attached hydrogen (secondary N) is 1. The molecule has 0 aliphatic carbocycles. The van der Waals surface area contributed by atoms with E-state index in [2.05, 4.69) is 10.1 Å². The fourth-order valence-electron chi connectivity index (χ4n) is 2.10. The van der Waals surface area contributed by atoms with Gasteiger partial charge in [0.15, 0.2) is 0 Å². The normalized spacial score (nSPS) is 19.8. The van der Waals surface area contributed by atoms with Gasteiger partial charge >= 0.3 is 6.36 Å². The number of piperazine rings is 1. The van der Waals surface area contributed by atoms with Gasteiger partial charge in [-0.05, 0) is 31.2 Å². The molecule has 2 rings (SSSR count). The average Bonchev–Trinajstić information content (AvgIpc) is 2.37. The van der Waals surface area contributed by atoms with E-state index in [-0.39, 0.29) is 17.7 Å². The quantitative estimate of drug-likeness (QED) is 0.905. The summed E-state index contributed by atoms with van der Waals surface area (Å²) in [6.45, 7) is 3.85. The molecule has 110 valence electrons. The van der Waals surface area contributed by atoms with Crippen LogP contribution >= 0.6 is 0 Å². The van der Waals surface area contributed by atoms with Gasteiger partial charge in [0.25, 0.3) is 5.91 Å².